The van der Waals surface area contributed by atoms with E-state index in [1.54, 1.807) is 0 Å². The molecule has 3 N–H and O–H groups in total. The van der Waals surface area contributed by atoms with Crippen molar-refractivity contribution in [3.8, 4) is 0 Å². The van der Waals surface area contributed by atoms with Gasteiger partial charge in [-0.15, -0.1) is 0 Å². The van der Waals surface area contributed by atoms with E-state index >= 15 is 0 Å². The van der Waals surface area contributed by atoms with Gasteiger partial charge < -0.3 is 10.8 Å². The van der Waals surface area contributed by atoms with E-state index in [0.717, 1.165) is 6.42 Å². The van der Waals surface area contributed by atoms with Crippen molar-refractivity contribution >= 4 is 0 Å². The molecule has 2 aliphatic carbocycles. The zero-order chi connectivity index (χ0) is 9.15. The van der Waals surface area contributed by atoms with Gasteiger partial charge in [-0.3, -0.25) is 0 Å². The number of aliphatic hydroxyl groups excluding tert-OH is 1. The maximum atomic E-state index is 9.96. The summed E-state index contributed by atoms with van der Waals surface area (Å²) in [6.45, 7) is 6.69. The van der Waals surface area contributed by atoms with Gasteiger partial charge in [0, 0.05) is 11.5 Å². The normalized spacial score (nSPS) is 56.2. The lowest BCUT2D eigenvalue weighted by atomic mass is 9.70. The first-order chi connectivity index (χ1) is 5.41. The number of rotatable bonds is 0. The van der Waals surface area contributed by atoms with Crippen LogP contribution in [0.2, 0.25) is 0 Å². The number of hydrogen-bond acceptors (Lipinski definition) is 2. The summed E-state index contributed by atoms with van der Waals surface area (Å²) in [4.78, 5) is 0. The second-order valence-corrected chi connectivity index (χ2v) is 5.31. The highest BCUT2D eigenvalue weighted by Crippen LogP contribution is 2.64. The number of nitrogens with two attached hydrogens (primary N) is 1. The summed E-state index contributed by atoms with van der Waals surface area (Å²) in [5.41, 5.74) is 6.27. The molecule has 3 unspecified atom stereocenters. The molecule has 2 saturated carbocycles. The lowest BCUT2D eigenvalue weighted by Gasteiger charge is -2.36. The van der Waals surface area contributed by atoms with Crippen LogP contribution in [0.1, 0.15) is 33.6 Å². The third-order valence-electron chi connectivity index (χ3n) is 4.86. The second-order valence-electron chi connectivity index (χ2n) is 5.31. The molecule has 0 aromatic heterocycles. The van der Waals surface area contributed by atoms with Crippen molar-refractivity contribution in [2.45, 2.75) is 45.8 Å². The van der Waals surface area contributed by atoms with Crippen molar-refractivity contribution in [2.75, 3.05) is 0 Å². The highest BCUT2D eigenvalue weighted by atomic mass is 16.3. The van der Waals surface area contributed by atoms with E-state index in [2.05, 4.69) is 20.8 Å². The first-order valence-corrected chi connectivity index (χ1v) is 4.85. The van der Waals surface area contributed by atoms with Gasteiger partial charge in [-0.25, -0.2) is 0 Å². The third kappa shape index (κ3) is 0.647. The summed E-state index contributed by atoms with van der Waals surface area (Å²) in [6.07, 6.45) is 2.05. The van der Waals surface area contributed by atoms with E-state index in [0.29, 0.717) is 5.92 Å². The van der Waals surface area contributed by atoms with Crippen LogP contribution in [-0.2, 0) is 0 Å². The fraction of sp³-hybridized carbons (Fsp3) is 1.00. The molecule has 70 valence electrons. The topological polar surface area (TPSA) is 46.2 Å². The molecule has 0 aliphatic heterocycles. The van der Waals surface area contributed by atoms with Crippen molar-refractivity contribution in [3.63, 3.8) is 0 Å². The van der Waals surface area contributed by atoms with Crippen LogP contribution < -0.4 is 5.73 Å². The molecule has 2 fully saturated rings. The van der Waals surface area contributed by atoms with Crippen LogP contribution in [0.15, 0.2) is 0 Å². The summed E-state index contributed by atoms with van der Waals surface area (Å²) in [5, 5.41) is 9.96. The number of hydrogen-bond donors (Lipinski definition) is 2. The van der Waals surface area contributed by atoms with Crippen molar-refractivity contribution in [1.82, 2.24) is 0 Å². The van der Waals surface area contributed by atoms with Gasteiger partial charge in [0.1, 0.15) is 0 Å². The predicted molar refractivity (Wildman–Crippen MR) is 48.6 cm³/mol. The Morgan fingerprint density at radius 3 is 2.17 bits per heavy atom. The van der Waals surface area contributed by atoms with Crippen LogP contribution in [0, 0.1) is 16.7 Å². The first-order valence-electron chi connectivity index (χ1n) is 4.85. The van der Waals surface area contributed by atoms with E-state index in [9.17, 15) is 5.11 Å². The second kappa shape index (κ2) is 2.05. The lowest BCUT2D eigenvalue weighted by Crippen LogP contribution is -2.43. The number of aliphatic hydroxyl groups is 1. The molecule has 0 aromatic rings. The summed E-state index contributed by atoms with van der Waals surface area (Å²) in [5.74, 6) is 0.525. The van der Waals surface area contributed by atoms with Crippen LogP contribution in [0.25, 0.3) is 0 Å². The highest BCUT2D eigenvalue weighted by molar-refractivity contribution is 5.16. The van der Waals surface area contributed by atoms with Crippen molar-refractivity contribution < 1.29 is 5.11 Å². The minimum Gasteiger partial charge on any atom is -0.391 e. The summed E-state index contributed by atoms with van der Waals surface area (Å²) in [7, 11) is 0. The molecule has 0 aromatic carbocycles. The van der Waals surface area contributed by atoms with Crippen molar-refractivity contribution in [1.29, 1.82) is 0 Å². The van der Waals surface area contributed by atoms with E-state index in [-0.39, 0.29) is 23.0 Å². The average Bonchev–Trinajstić information content (AvgIpc) is 2.26. The lowest BCUT2D eigenvalue weighted by molar-refractivity contribution is 0.00582. The zero-order valence-corrected chi connectivity index (χ0v) is 8.17. The molecule has 2 aliphatic rings. The standard InChI is InChI=1S/C10H19NO/c1-9(2)6-4-5-10(9,3)8(12)7(6)11/h6-8,12H,4-5,11H2,1-3H3/t6?,7?,8-,10?/m1/s1. The van der Waals surface area contributed by atoms with Gasteiger partial charge in [-0.05, 0) is 24.2 Å². The Kier molecular flexibility index (Phi) is 1.45. The Morgan fingerprint density at radius 1 is 1.33 bits per heavy atom. The molecule has 2 bridgehead atoms. The molecule has 0 radical (unpaired) electrons. The first kappa shape index (κ1) is 8.52. The maximum Gasteiger partial charge on any atom is 0.0752 e. The van der Waals surface area contributed by atoms with E-state index in [4.69, 9.17) is 5.73 Å². The molecule has 0 spiro atoms. The quantitative estimate of drug-likeness (QED) is 0.571. The van der Waals surface area contributed by atoms with Crippen LogP contribution in [0.4, 0.5) is 0 Å². The number of fused-ring (bicyclic) bond motifs is 2. The summed E-state index contributed by atoms with van der Waals surface area (Å²) < 4.78 is 0. The Labute approximate surface area is 74.1 Å². The van der Waals surface area contributed by atoms with Crippen molar-refractivity contribution in [3.05, 3.63) is 0 Å². The Hall–Kier alpha value is -0.0800. The van der Waals surface area contributed by atoms with E-state index < -0.39 is 0 Å². The minimum absolute atomic E-state index is 0.0127. The van der Waals surface area contributed by atoms with Crippen LogP contribution in [0.3, 0.4) is 0 Å². The van der Waals surface area contributed by atoms with Gasteiger partial charge in [-0.1, -0.05) is 20.8 Å². The van der Waals surface area contributed by atoms with E-state index in [1.165, 1.54) is 6.42 Å². The van der Waals surface area contributed by atoms with Crippen LogP contribution in [-0.4, -0.2) is 17.3 Å². The zero-order valence-electron chi connectivity index (χ0n) is 8.17. The molecule has 4 atom stereocenters. The summed E-state index contributed by atoms with van der Waals surface area (Å²) >= 11 is 0. The summed E-state index contributed by atoms with van der Waals surface area (Å²) in [6, 6.07) is 0.0127. The monoisotopic (exact) mass is 169 g/mol. The minimum atomic E-state index is -0.286. The molecule has 0 heterocycles. The molecular weight excluding hydrogens is 150 g/mol. The van der Waals surface area contributed by atoms with E-state index in [1.807, 2.05) is 0 Å². The Morgan fingerprint density at radius 2 is 1.92 bits per heavy atom. The largest absolute Gasteiger partial charge is 0.391 e. The molecule has 12 heavy (non-hydrogen) atoms. The highest BCUT2D eigenvalue weighted by Gasteiger charge is 2.64. The fourth-order valence-electron chi connectivity index (χ4n) is 3.41. The molecule has 2 rings (SSSR count). The van der Waals surface area contributed by atoms with Crippen LogP contribution in [0.5, 0.6) is 0 Å². The van der Waals surface area contributed by atoms with Gasteiger partial charge in [0.25, 0.3) is 0 Å². The molecular formula is C10H19NO. The third-order valence-corrected chi connectivity index (χ3v) is 4.86. The predicted octanol–water partition coefficient (Wildman–Crippen LogP) is 1.13. The van der Waals surface area contributed by atoms with Gasteiger partial charge in [0.05, 0.1) is 6.10 Å². The molecule has 0 amide bonds. The average molecular weight is 169 g/mol. The SMILES string of the molecule is CC1(C)C2CCC1(C)[C@H](O)C2N. The Bertz CT molecular complexity index is 214. The fourth-order valence-corrected chi connectivity index (χ4v) is 3.41. The van der Waals surface area contributed by atoms with Gasteiger partial charge in [-0.2, -0.15) is 0 Å². The van der Waals surface area contributed by atoms with Crippen molar-refractivity contribution in [2.24, 2.45) is 22.5 Å². The molecule has 0 saturated heterocycles. The smallest absolute Gasteiger partial charge is 0.0752 e. The van der Waals surface area contributed by atoms with Gasteiger partial charge in [0.2, 0.25) is 0 Å². The van der Waals surface area contributed by atoms with Gasteiger partial charge >= 0.3 is 0 Å². The van der Waals surface area contributed by atoms with Gasteiger partial charge in [0.15, 0.2) is 0 Å². The molecule has 2 heteroatoms. The Balaban J connectivity index is 2.44. The maximum absolute atomic E-state index is 9.96. The molecule has 2 nitrogen and oxygen atoms in total. The van der Waals surface area contributed by atoms with Crippen LogP contribution >= 0.6 is 0 Å².